The van der Waals surface area contributed by atoms with Crippen LogP contribution in [0.5, 0.6) is 5.75 Å². The second-order valence-electron chi connectivity index (χ2n) is 5.40. The van der Waals surface area contributed by atoms with Crippen LogP contribution in [-0.2, 0) is 4.79 Å². The average molecular weight is 272 g/mol. The van der Waals surface area contributed by atoms with E-state index in [-0.39, 0.29) is 11.7 Å². The Kier molecular flexibility index (Phi) is 4.25. The predicted octanol–water partition coefficient (Wildman–Crippen LogP) is 2.86. The molecule has 0 heterocycles. The van der Waals surface area contributed by atoms with Gasteiger partial charge in [-0.3, -0.25) is 4.79 Å². The first-order valence-corrected chi connectivity index (χ1v) is 6.76. The molecule has 2 aromatic carbocycles. The highest BCUT2D eigenvalue weighted by Gasteiger charge is 2.16. The lowest BCUT2D eigenvalue weighted by Gasteiger charge is -2.15. The maximum absolute atomic E-state index is 12.1. The molecule has 2 aromatic rings. The largest absolute Gasteiger partial charge is 0.507 e. The molecule has 4 N–H and O–H groups in total. The zero-order chi connectivity index (χ0) is 14.7. The van der Waals surface area contributed by atoms with E-state index in [1.54, 1.807) is 18.2 Å². The van der Waals surface area contributed by atoms with Crippen molar-refractivity contribution < 1.29 is 9.90 Å². The molecule has 2 rings (SSSR count). The molecule has 1 amide bonds. The summed E-state index contributed by atoms with van der Waals surface area (Å²) in [5, 5.41) is 14.2. The van der Waals surface area contributed by atoms with Crippen LogP contribution in [0.25, 0.3) is 10.8 Å². The zero-order valence-electron chi connectivity index (χ0n) is 11.8. The van der Waals surface area contributed by atoms with Crippen molar-refractivity contribution in [1.29, 1.82) is 0 Å². The first-order chi connectivity index (χ1) is 9.49. The van der Waals surface area contributed by atoms with E-state index >= 15 is 0 Å². The molecule has 0 bridgehead atoms. The number of fused-ring (bicyclic) bond motifs is 1. The third-order valence-corrected chi connectivity index (χ3v) is 3.22. The second kappa shape index (κ2) is 5.92. The van der Waals surface area contributed by atoms with E-state index in [2.05, 4.69) is 5.32 Å². The normalized spacial score (nSPS) is 12.6. The summed E-state index contributed by atoms with van der Waals surface area (Å²) in [7, 11) is 0. The van der Waals surface area contributed by atoms with Crippen LogP contribution in [0.4, 0.5) is 5.69 Å². The van der Waals surface area contributed by atoms with Crippen LogP contribution in [0.15, 0.2) is 36.4 Å². The number of amides is 1. The van der Waals surface area contributed by atoms with Gasteiger partial charge in [-0.25, -0.2) is 0 Å². The highest BCUT2D eigenvalue weighted by molar-refractivity contribution is 6.05. The Morgan fingerprint density at radius 2 is 1.85 bits per heavy atom. The Morgan fingerprint density at radius 3 is 2.55 bits per heavy atom. The molecule has 4 nitrogen and oxygen atoms in total. The molecule has 0 spiro atoms. The van der Waals surface area contributed by atoms with Gasteiger partial charge in [0.15, 0.2) is 0 Å². The number of carbonyl (C=O) groups excluding carboxylic acids is 1. The van der Waals surface area contributed by atoms with Crippen LogP contribution in [-0.4, -0.2) is 17.1 Å². The highest BCUT2D eigenvalue weighted by atomic mass is 16.3. The fourth-order valence-electron chi connectivity index (χ4n) is 2.24. The molecule has 4 heteroatoms. The quantitative estimate of drug-likeness (QED) is 0.801. The lowest BCUT2D eigenvalue weighted by molar-refractivity contribution is -0.117. The van der Waals surface area contributed by atoms with E-state index < -0.39 is 6.04 Å². The summed E-state index contributed by atoms with van der Waals surface area (Å²) >= 11 is 0. The summed E-state index contributed by atoms with van der Waals surface area (Å²) < 4.78 is 0. The number of phenols is 1. The lowest BCUT2D eigenvalue weighted by Crippen LogP contribution is -2.36. The minimum Gasteiger partial charge on any atom is -0.507 e. The second-order valence-corrected chi connectivity index (χ2v) is 5.40. The van der Waals surface area contributed by atoms with Gasteiger partial charge in [0.1, 0.15) is 5.75 Å². The van der Waals surface area contributed by atoms with Crippen LogP contribution in [0.1, 0.15) is 20.3 Å². The molecule has 1 atom stereocenters. The van der Waals surface area contributed by atoms with Gasteiger partial charge < -0.3 is 16.2 Å². The Morgan fingerprint density at radius 1 is 1.20 bits per heavy atom. The smallest absolute Gasteiger partial charge is 0.241 e. The van der Waals surface area contributed by atoms with Crippen LogP contribution in [0.2, 0.25) is 0 Å². The summed E-state index contributed by atoms with van der Waals surface area (Å²) in [6, 6.07) is 10.1. The van der Waals surface area contributed by atoms with E-state index in [0.29, 0.717) is 23.4 Å². The Labute approximate surface area is 118 Å². The molecule has 20 heavy (non-hydrogen) atoms. The zero-order valence-corrected chi connectivity index (χ0v) is 11.8. The first kappa shape index (κ1) is 14.3. The van der Waals surface area contributed by atoms with Gasteiger partial charge in [-0.15, -0.1) is 0 Å². The van der Waals surface area contributed by atoms with Gasteiger partial charge in [-0.05, 0) is 24.5 Å². The number of nitrogens with two attached hydrogens (primary N) is 1. The van der Waals surface area contributed by atoms with Gasteiger partial charge in [0.2, 0.25) is 5.91 Å². The number of benzene rings is 2. The molecular weight excluding hydrogens is 252 g/mol. The maximum Gasteiger partial charge on any atom is 0.241 e. The molecule has 0 unspecified atom stereocenters. The number of hydrogen-bond acceptors (Lipinski definition) is 3. The minimum absolute atomic E-state index is 0.199. The SMILES string of the molecule is CC(C)C[C@H](N)C(=O)Nc1cccc2c(O)cccc12. The summed E-state index contributed by atoms with van der Waals surface area (Å²) in [5.41, 5.74) is 6.55. The maximum atomic E-state index is 12.1. The van der Waals surface area contributed by atoms with Crippen molar-refractivity contribution in [2.75, 3.05) is 5.32 Å². The van der Waals surface area contributed by atoms with Crippen LogP contribution >= 0.6 is 0 Å². The Bertz CT molecular complexity index is 623. The molecule has 0 aliphatic rings. The minimum atomic E-state index is -0.525. The third kappa shape index (κ3) is 3.08. The molecule has 0 aliphatic heterocycles. The summed E-state index contributed by atoms with van der Waals surface area (Å²) in [6.45, 7) is 4.06. The van der Waals surface area contributed by atoms with Crippen molar-refractivity contribution in [2.45, 2.75) is 26.3 Å². The molecular formula is C16H20N2O2. The van der Waals surface area contributed by atoms with E-state index in [0.717, 1.165) is 5.39 Å². The number of carbonyl (C=O) groups is 1. The van der Waals surface area contributed by atoms with Gasteiger partial charge >= 0.3 is 0 Å². The number of nitrogens with one attached hydrogen (secondary N) is 1. The summed E-state index contributed by atoms with van der Waals surface area (Å²) in [6.07, 6.45) is 0.641. The van der Waals surface area contributed by atoms with Crippen molar-refractivity contribution in [3.05, 3.63) is 36.4 Å². The number of rotatable bonds is 4. The average Bonchev–Trinajstić information content (AvgIpc) is 2.39. The van der Waals surface area contributed by atoms with Crippen molar-refractivity contribution >= 4 is 22.4 Å². The van der Waals surface area contributed by atoms with Crippen molar-refractivity contribution in [3.63, 3.8) is 0 Å². The molecule has 0 saturated heterocycles. The molecule has 0 radical (unpaired) electrons. The molecule has 0 saturated carbocycles. The van der Waals surface area contributed by atoms with Crippen molar-refractivity contribution in [1.82, 2.24) is 0 Å². The fourth-order valence-corrected chi connectivity index (χ4v) is 2.24. The van der Waals surface area contributed by atoms with E-state index in [9.17, 15) is 9.90 Å². The Hall–Kier alpha value is -2.07. The first-order valence-electron chi connectivity index (χ1n) is 6.76. The summed E-state index contributed by atoms with van der Waals surface area (Å²) in [4.78, 5) is 12.1. The van der Waals surface area contributed by atoms with Gasteiger partial charge in [0.05, 0.1) is 6.04 Å². The number of aromatic hydroxyl groups is 1. The van der Waals surface area contributed by atoms with Crippen molar-refractivity contribution in [2.24, 2.45) is 11.7 Å². The van der Waals surface area contributed by atoms with Crippen LogP contribution in [0.3, 0.4) is 0 Å². The van der Waals surface area contributed by atoms with E-state index in [1.165, 1.54) is 0 Å². The number of hydrogen-bond donors (Lipinski definition) is 3. The molecule has 0 fully saturated rings. The standard InChI is InChI=1S/C16H20N2O2/c1-10(2)9-13(17)16(20)18-14-7-3-6-12-11(14)5-4-8-15(12)19/h3-8,10,13,19H,9,17H2,1-2H3,(H,18,20)/t13-/m0/s1. The van der Waals surface area contributed by atoms with Gasteiger partial charge in [-0.2, -0.15) is 0 Å². The van der Waals surface area contributed by atoms with Gasteiger partial charge in [0, 0.05) is 16.5 Å². The van der Waals surface area contributed by atoms with Crippen molar-refractivity contribution in [3.8, 4) is 5.75 Å². The molecule has 106 valence electrons. The molecule has 0 aromatic heterocycles. The van der Waals surface area contributed by atoms with Gasteiger partial charge in [-0.1, -0.05) is 38.1 Å². The predicted molar refractivity (Wildman–Crippen MR) is 81.7 cm³/mol. The fraction of sp³-hybridized carbons (Fsp3) is 0.312. The highest BCUT2D eigenvalue weighted by Crippen LogP contribution is 2.29. The van der Waals surface area contributed by atoms with Crippen LogP contribution < -0.4 is 11.1 Å². The van der Waals surface area contributed by atoms with E-state index in [4.69, 9.17) is 5.73 Å². The number of anilines is 1. The Balaban J connectivity index is 2.26. The third-order valence-electron chi connectivity index (χ3n) is 3.22. The van der Waals surface area contributed by atoms with Crippen LogP contribution in [0, 0.1) is 5.92 Å². The number of phenolic OH excluding ortho intramolecular Hbond substituents is 1. The monoisotopic (exact) mass is 272 g/mol. The van der Waals surface area contributed by atoms with Gasteiger partial charge in [0.25, 0.3) is 0 Å². The lowest BCUT2D eigenvalue weighted by atomic mass is 10.0. The topological polar surface area (TPSA) is 75.4 Å². The summed E-state index contributed by atoms with van der Waals surface area (Å²) in [5.74, 6) is 0.368. The molecule has 0 aliphatic carbocycles. The van der Waals surface area contributed by atoms with E-state index in [1.807, 2.05) is 32.0 Å².